The Hall–Kier alpha value is -1.02. The Morgan fingerprint density at radius 1 is 1.23 bits per heavy atom. The van der Waals surface area contributed by atoms with E-state index < -0.39 is 43.1 Å². The van der Waals surface area contributed by atoms with Gasteiger partial charge < -0.3 is 29.2 Å². The fourth-order valence-corrected chi connectivity index (χ4v) is 2.87. The lowest BCUT2D eigenvalue weighted by Gasteiger charge is -2.28. The average molecular weight is 310 g/mol. The Morgan fingerprint density at radius 2 is 1.95 bits per heavy atom. The molecule has 6 heteroatoms. The van der Waals surface area contributed by atoms with Crippen LogP contribution in [-0.2, 0) is 25.6 Å². The molecule has 2 heterocycles. The maximum absolute atomic E-state index is 9.94. The summed E-state index contributed by atoms with van der Waals surface area (Å²) in [7, 11) is 0. The molecule has 0 spiro atoms. The van der Waals surface area contributed by atoms with E-state index in [-0.39, 0.29) is 0 Å². The van der Waals surface area contributed by atoms with Crippen molar-refractivity contribution in [3.63, 3.8) is 0 Å². The number of ether oxygens (including phenoxy) is 4. The van der Waals surface area contributed by atoms with E-state index in [1.807, 2.05) is 30.3 Å². The van der Waals surface area contributed by atoms with Gasteiger partial charge in [-0.2, -0.15) is 0 Å². The van der Waals surface area contributed by atoms with E-state index in [0.717, 1.165) is 5.56 Å². The van der Waals surface area contributed by atoms with Crippen molar-refractivity contribution in [2.75, 3.05) is 6.61 Å². The monoisotopic (exact) mass is 310 g/mol. The van der Waals surface area contributed by atoms with Gasteiger partial charge >= 0.3 is 0 Å². The van der Waals surface area contributed by atoms with Gasteiger partial charge in [-0.15, -0.1) is 0 Å². The van der Waals surface area contributed by atoms with E-state index in [0.29, 0.717) is 6.61 Å². The van der Waals surface area contributed by atoms with Crippen molar-refractivity contribution in [1.29, 1.82) is 0 Å². The van der Waals surface area contributed by atoms with Crippen LogP contribution in [0.4, 0.5) is 0 Å². The number of hydrogen-bond acceptors (Lipinski definition) is 6. The lowest BCUT2D eigenvalue weighted by atomic mass is 10.1. The number of rotatable bonds is 5. The highest BCUT2D eigenvalue weighted by atomic mass is 16.8. The zero-order chi connectivity index (χ0) is 15.7. The Balaban J connectivity index is 1.71. The molecule has 2 saturated heterocycles. The predicted molar refractivity (Wildman–Crippen MR) is 76.8 cm³/mol. The molecule has 122 valence electrons. The molecule has 2 fully saturated rings. The Labute approximate surface area is 129 Å². The van der Waals surface area contributed by atoms with Gasteiger partial charge in [0.15, 0.2) is 12.1 Å². The first-order valence-corrected chi connectivity index (χ1v) is 7.46. The number of aliphatic hydroxyl groups excluding tert-OH is 2. The molecular weight excluding hydrogens is 288 g/mol. The van der Waals surface area contributed by atoms with Crippen LogP contribution < -0.4 is 0 Å². The second kappa shape index (κ2) is 6.23. The fourth-order valence-electron chi connectivity index (χ4n) is 2.87. The summed E-state index contributed by atoms with van der Waals surface area (Å²) in [6, 6.07) is 9.73. The van der Waals surface area contributed by atoms with Crippen molar-refractivity contribution in [2.45, 2.75) is 56.9 Å². The van der Waals surface area contributed by atoms with Crippen LogP contribution in [0.15, 0.2) is 30.3 Å². The minimum Gasteiger partial charge on any atom is -0.394 e. The van der Waals surface area contributed by atoms with Gasteiger partial charge in [0.2, 0.25) is 0 Å². The summed E-state index contributed by atoms with van der Waals surface area (Å²) in [5.41, 5.74) is 1.02. The average Bonchev–Trinajstić information content (AvgIpc) is 2.97. The maximum atomic E-state index is 9.94. The molecule has 0 aromatic heterocycles. The molecule has 1 unspecified atom stereocenters. The van der Waals surface area contributed by atoms with Crippen LogP contribution in [0.25, 0.3) is 0 Å². The molecule has 1 aromatic carbocycles. The van der Waals surface area contributed by atoms with Crippen LogP contribution in [0.2, 0.25) is 0 Å². The first-order chi connectivity index (χ1) is 10.5. The summed E-state index contributed by atoms with van der Waals surface area (Å²) in [6.45, 7) is 3.58. The van der Waals surface area contributed by atoms with Gasteiger partial charge in [-0.05, 0) is 19.4 Å². The topological polar surface area (TPSA) is 77.4 Å². The number of hydrogen-bond donors (Lipinski definition) is 2. The van der Waals surface area contributed by atoms with E-state index in [4.69, 9.17) is 18.9 Å². The first-order valence-electron chi connectivity index (χ1n) is 7.46. The van der Waals surface area contributed by atoms with Gasteiger partial charge in [-0.3, -0.25) is 0 Å². The Bertz CT molecular complexity index is 491. The molecular formula is C16H22O6. The van der Waals surface area contributed by atoms with Gasteiger partial charge in [0, 0.05) is 0 Å². The highest BCUT2D eigenvalue weighted by Gasteiger charge is 2.56. The van der Waals surface area contributed by atoms with Crippen LogP contribution in [0.3, 0.4) is 0 Å². The maximum Gasteiger partial charge on any atom is 0.190 e. The highest BCUT2D eigenvalue weighted by molar-refractivity contribution is 5.13. The Kier molecular flexibility index (Phi) is 4.49. The van der Waals surface area contributed by atoms with Gasteiger partial charge in [0.1, 0.15) is 24.4 Å². The highest BCUT2D eigenvalue weighted by Crippen LogP contribution is 2.39. The van der Waals surface area contributed by atoms with E-state index in [9.17, 15) is 10.2 Å². The summed E-state index contributed by atoms with van der Waals surface area (Å²) in [5.74, 6) is -0.751. The van der Waals surface area contributed by atoms with Gasteiger partial charge in [0.25, 0.3) is 0 Å². The predicted octanol–water partition coefficient (Wildman–Crippen LogP) is 0.801. The number of benzene rings is 1. The lowest BCUT2D eigenvalue weighted by Crippen LogP contribution is -2.44. The van der Waals surface area contributed by atoms with E-state index in [1.165, 1.54) is 0 Å². The van der Waals surface area contributed by atoms with E-state index >= 15 is 0 Å². The van der Waals surface area contributed by atoms with Crippen LogP contribution in [0.5, 0.6) is 0 Å². The summed E-state index contributed by atoms with van der Waals surface area (Å²) >= 11 is 0. The molecule has 1 aromatic rings. The van der Waals surface area contributed by atoms with Crippen molar-refractivity contribution in [3.8, 4) is 0 Å². The van der Waals surface area contributed by atoms with Crippen molar-refractivity contribution in [3.05, 3.63) is 35.9 Å². The summed E-state index contributed by atoms with van der Waals surface area (Å²) in [6.07, 6.45) is -3.25. The molecule has 0 aliphatic carbocycles. The first kappa shape index (κ1) is 15.9. The van der Waals surface area contributed by atoms with Crippen LogP contribution in [0, 0.1) is 0 Å². The molecule has 2 N–H and O–H groups in total. The minimum absolute atomic E-state index is 0.372. The fraction of sp³-hybridized carbons (Fsp3) is 0.625. The smallest absolute Gasteiger partial charge is 0.190 e. The molecule has 22 heavy (non-hydrogen) atoms. The SMILES string of the molecule is CC1(C)OC2O[C@H]([C@H](O)CO)[C@H](OCc3ccccc3)[C@H]2O1. The molecule has 3 rings (SSSR count). The van der Waals surface area contributed by atoms with Crippen molar-refractivity contribution in [2.24, 2.45) is 0 Å². The number of fused-ring (bicyclic) bond motifs is 1. The summed E-state index contributed by atoms with van der Waals surface area (Å²) < 4.78 is 23.1. The molecule has 0 bridgehead atoms. The molecule has 0 amide bonds. The van der Waals surface area contributed by atoms with Gasteiger partial charge in [0.05, 0.1) is 13.2 Å². The molecule has 0 radical (unpaired) electrons. The largest absolute Gasteiger partial charge is 0.394 e. The number of aliphatic hydroxyl groups is 2. The third kappa shape index (κ3) is 3.17. The van der Waals surface area contributed by atoms with E-state index in [1.54, 1.807) is 13.8 Å². The second-order valence-corrected chi connectivity index (χ2v) is 6.08. The molecule has 2 aliphatic rings. The standard InChI is InChI=1S/C16H22O6/c1-16(2)21-14-13(19-9-10-6-4-3-5-7-10)12(11(18)8-17)20-15(14)22-16/h3-7,11-15,17-18H,8-9H2,1-2H3/t11-,12-,13+,14-,15?/m1/s1. The van der Waals surface area contributed by atoms with Crippen LogP contribution >= 0.6 is 0 Å². The van der Waals surface area contributed by atoms with Crippen molar-refractivity contribution >= 4 is 0 Å². The quantitative estimate of drug-likeness (QED) is 0.838. The summed E-state index contributed by atoms with van der Waals surface area (Å²) in [4.78, 5) is 0. The van der Waals surface area contributed by atoms with Crippen molar-refractivity contribution < 1.29 is 29.2 Å². The zero-order valence-electron chi connectivity index (χ0n) is 12.7. The molecule has 0 saturated carbocycles. The van der Waals surface area contributed by atoms with E-state index in [2.05, 4.69) is 0 Å². The third-order valence-electron chi connectivity index (χ3n) is 3.88. The molecule has 6 nitrogen and oxygen atoms in total. The summed E-state index contributed by atoms with van der Waals surface area (Å²) in [5, 5.41) is 19.1. The molecule has 2 aliphatic heterocycles. The zero-order valence-corrected chi connectivity index (χ0v) is 12.7. The van der Waals surface area contributed by atoms with Crippen molar-refractivity contribution in [1.82, 2.24) is 0 Å². The minimum atomic E-state index is -1.04. The third-order valence-corrected chi connectivity index (χ3v) is 3.88. The van der Waals surface area contributed by atoms with Crippen LogP contribution in [0.1, 0.15) is 19.4 Å². The van der Waals surface area contributed by atoms with Crippen LogP contribution in [-0.4, -0.2) is 53.3 Å². The van der Waals surface area contributed by atoms with Gasteiger partial charge in [-0.1, -0.05) is 30.3 Å². The normalized spacial score (nSPS) is 34.5. The van der Waals surface area contributed by atoms with Gasteiger partial charge in [-0.25, -0.2) is 0 Å². The second-order valence-electron chi connectivity index (χ2n) is 6.08. The Morgan fingerprint density at radius 3 is 2.64 bits per heavy atom. The lowest BCUT2D eigenvalue weighted by molar-refractivity contribution is -0.232. The molecule has 5 atom stereocenters.